The number of halogens is 1. The molecular formula is C20H27ClN4O4S2. The molecule has 31 heavy (non-hydrogen) atoms. The van der Waals surface area contributed by atoms with E-state index in [9.17, 15) is 18.0 Å². The van der Waals surface area contributed by atoms with Crippen LogP contribution in [0.4, 0.5) is 0 Å². The lowest BCUT2D eigenvalue weighted by Crippen LogP contribution is -2.45. The van der Waals surface area contributed by atoms with Crippen LogP contribution in [0.3, 0.4) is 0 Å². The van der Waals surface area contributed by atoms with Crippen molar-refractivity contribution in [1.29, 1.82) is 0 Å². The molecule has 1 N–H and O–H groups in total. The number of sulfone groups is 1. The fourth-order valence-electron chi connectivity index (χ4n) is 3.58. The fourth-order valence-corrected chi connectivity index (χ4v) is 6.36. The van der Waals surface area contributed by atoms with Crippen LogP contribution in [0.15, 0.2) is 23.4 Å². The Labute approximate surface area is 191 Å². The Kier molecular flexibility index (Phi) is 7.87. The molecule has 3 rings (SSSR count). The summed E-state index contributed by atoms with van der Waals surface area (Å²) < 4.78 is 25.2. The number of likely N-dealkylation sites (N-methyl/N-ethyl adjacent to an activating group) is 1. The SMILES string of the molecule is CCCn1c(SCC(=O)N(CC)CC(=O)NC2CCS(=O)(=O)C2)nc2cc(Cl)ccc21. The summed E-state index contributed by atoms with van der Waals surface area (Å²) in [4.78, 5) is 31.1. The molecule has 1 aliphatic heterocycles. The van der Waals surface area contributed by atoms with Gasteiger partial charge in [-0.1, -0.05) is 30.3 Å². The number of fused-ring (bicyclic) bond motifs is 1. The summed E-state index contributed by atoms with van der Waals surface area (Å²) in [6.45, 7) is 4.96. The van der Waals surface area contributed by atoms with E-state index in [1.54, 1.807) is 6.07 Å². The van der Waals surface area contributed by atoms with Crippen LogP contribution in [0, 0.1) is 0 Å². The summed E-state index contributed by atoms with van der Waals surface area (Å²) in [5, 5.41) is 4.08. The van der Waals surface area contributed by atoms with Crippen LogP contribution < -0.4 is 5.32 Å². The van der Waals surface area contributed by atoms with E-state index in [0.29, 0.717) is 18.0 Å². The van der Waals surface area contributed by atoms with Crippen molar-refractivity contribution < 1.29 is 18.0 Å². The van der Waals surface area contributed by atoms with Gasteiger partial charge in [0.25, 0.3) is 0 Å². The van der Waals surface area contributed by atoms with E-state index in [1.807, 2.05) is 19.1 Å². The zero-order valence-electron chi connectivity index (χ0n) is 17.6. The first kappa shape index (κ1) is 23.9. The highest BCUT2D eigenvalue weighted by atomic mass is 35.5. The Balaban J connectivity index is 1.61. The highest BCUT2D eigenvalue weighted by molar-refractivity contribution is 7.99. The Bertz CT molecular complexity index is 1070. The number of hydrogen-bond acceptors (Lipinski definition) is 6. The van der Waals surface area contributed by atoms with Gasteiger partial charge in [0.2, 0.25) is 11.8 Å². The van der Waals surface area contributed by atoms with Crippen LogP contribution >= 0.6 is 23.4 Å². The highest BCUT2D eigenvalue weighted by Gasteiger charge is 2.29. The number of aryl methyl sites for hydroxylation is 1. The first-order valence-corrected chi connectivity index (χ1v) is 13.5. The number of benzene rings is 1. The molecule has 2 amide bonds. The normalized spacial score (nSPS) is 17.7. The predicted octanol–water partition coefficient (Wildman–Crippen LogP) is 2.34. The average molecular weight is 487 g/mol. The van der Waals surface area contributed by atoms with E-state index in [4.69, 9.17) is 11.6 Å². The molecule has 1 atom stereocenters. The van der Waals surface area contributed by atoms with Crippen LogP contribution in [0.5, 0.6) is 0 Å². The number of nitrogens with one attached hydrogen (secondary N) is 1. The monoisotopic (exact) mass is 486 g/mol. The molecule has 1 fully saturated rings. The molecule has 1 aliphatic rings. The third-order valence-corrected chi connectivity index (χ3v) is 8.08. The van der Waals surface area contributed by atoms with Crippen molar-refractivity contribution in [2.24, 2.45) is 0 Å². The van der Waals surface area contributed by atoms with Crippen molar-refractivity contribution in [3.8, 4) is 0 Å². The maximum Gasteiger partial charge on any atom is 0.239 e. The summed E-state index contributed by atoms with van der Waals surface area (Å²) in [6, 6.07) is 5.19. The molecule has 1 saturated heterocycles. The summed E-state index contributed by atoms with van der Waals surface area (Å²) in [6.07, 6.45) is 1.34. The van der Waals surface area contributed by atoms with Crippen LogP contribution in [0.1, 0.15) is 26.7 Å². The van der Waals surface area contributed by atoms with Crippen molar-refractivity contribution in [3.05, 3.63) is 23.2 Å². The predicted molar refractivity (Wildman–Crippen MR) is 123 cm³/mol. The third kappa shape index (κ3) is 6.14. The van der Waals surface area contributed by atoms with Gasteiger partial charge in [0.1, 0.15) is 0 Å². The third-order valence-electron chi connectivity index (χ3n) is 5.11. The summed E-state index contributed by atoms with van der Waals surface area (Å²) >= 11 is 7.42. The van der Waals surface area contributed by atoms with Crippen molar-refractivity contribution >= 4 is 56.0 Å². The van der Waals surface area contributed by atoms with Gasteiger partial charge in [-0.3, -0.25) is 9.59 Å². The highest BCUT2D eigenvalue weighted by Crippen LogP contribution is 2.27. The second-order valence-electron chi connectivity index (χ2n) is 7.54. The first-order chi connectivity index (χ1) is 14.7. The zero-order valence-corrected chi connectivity index (χ0v) is 20.0. The van der Waals surface area contributed by atoms with Crippen molar-refractivity contribution in [3.63, 3.8) is 0 Å². The van der Waals surface area contributed by atoms with Gasteiger partial charge in [0, 0.05) is 24.2 Å². The van der Waals surface area contributed by atoms with Crippen molar-refractivity contribution in [2.45, 2.75) is 44.4 Å². The Hall–Kier alpha value is -1.78. The number of hydrogen-bond donors (Lipinski definition) is 1. The quantitative estimate of drug-likeness (QED) is 0.546. The van der Waals surface area contributed by atoms with Gasteiger partial charge in [0.15, 0.2) is 15.0 Å². The van der Waals surface area contributed by atoms with Gasteiger partial charge in [-0.05, 0) is 38.0 Å². The molecule has 1 aromatic heterocycles. The number of nitrogens with zero attached hydrogens (tertiary/aromatic N) is 3. The minimum absolute atomic E-state index is 0.0354. The topological polar surface area (TPSA) is 101 Å². The van der Waals surface area contributed by atoms with E-state index in [2.05, 4.69) is 21.8 Å². The van der Waals surface area contributed by atoms with Gasteiger partial charge < -0.3 is 14.8 Å². The number of aromatic nitrogens is 2. The number of amides is 2. The van der Waals surface area contributed by atoms with E-state index in [1.165, 1.54) is 16.7 Å². The van der Waals surface area contributed by atoms with E-state index in [-0.39, 0.29) is 41.7 Å². The minimum Gasteiger partial charge on any atom is -0.351 e. The Morgan fingerprint density at radius 2 is 2.13 bits per heavy atom. The number of imidazole rings is 1. The van der Waals surface area contributed by atoms with Gasteiger partial charge in [-0.25, -0.2) is 13.4 Å². The standard InChI is InChI=1S/C20H27ClN4O4S2/c1-3-8-25-17-6-5-14(21)10-16(17)23-20(25)30-12-19(27)24(4-2)11-18(26)22-15-7-9-31(28,29)13-15/h5-6,10,15H,3-4,7-9,11-13H2,1-2H3,(H,22,26). The average Bonchev–Trinajstić information content (AvgIpc) is 3.23. The maximum atomic E-state index is 12.7. The molecule has 2 aromatic rings. The van der Waals surface area contributed by atoms with Crippen LogP contribution in [-0.4, -0.2) is 71.1 Å². The lowest BCUT2D eigenvalue weighted by Gasteiger charge is -2.21. The van der Waals surface area contributed by atoms with E-state index < -0.39 is 9.84 Å². The molecule has 2 heterocycles. The zero-order chi connectivity index (χ0) is 22.6. The molecule has 11 heteroatoms. The molecular weight excluding hydrogens is 460 g/mol. The maximum absolute atomic E-state index is 12.7. The first-order valence-electron chi connectivity index (χ1n) is 10.3. The van der Waals surface area contributed by atoms with E-state index in [0.717, 1.165) is 29.2 Å². The Morgan fingerprint density at radius 1 is 1.35 bits per heavy atom. The van der Waals surface area contributed by atoms with Gasteiger partial charge >= 0.3 is 0 Å². The molecule has 0 radical (unpaired) electrons. The van der Waals surface area contributed by atoms with Crippen LogP contribution in [-0.2, 0) is 26.0 Å². The van der Waals surface area contributed by atoms with Gasteiger partial charge in [-0.2, -0.15) is 0 Å². The largest absolute Gasteiger partial charge is 0.351 e. The summed E-state index contributed by atoms with van der Waals surface area (Å²) in [5.41, 5.74) is 1.76. The molecule has 0 spiro atoms. The second kappa shape index (κ2) is 10.2. The second-order valence-corrected chi connectivity index (χ2v) is 11.2. The number of carbonyl (C=O) groups is 2. The molecule has 0 aliphatic carbocycles. The smallest absolute Gasteiger partial charge is 0.239 e. The number of carbonyl (C=O) groups excluding carboxylic acids is 2. The van der Waals surface area contributed by atoms with Crippen LogP contribution in [0.25, 0.3) is 11.0 Å². The molecule has 0 saturated carbocycles. The lowest BCUT2D eigenvalue weighted by atomic mass is 10.2. The summed E-state index contributed by atoms with van der Waals surface area (Å²) in [5.74, 6) is -0.300. The Morgan fingerprint density at radius 3 is 2.77 bits per heavy atom. The number of rotatable bonds is 9. The molecule has 170 valence electrons. The minimum atomic E-state index is -3.07. The molecule has 0 bridgehead atoms. The van der Waals surface area contributed by atoms with Crippen molar-refractivity contribution in [2.75, 3.05) is 30.3 Å². The summed E-state index contributed by atoms with van der Waals surface area (Å²) in [7, 11) is -3.07. The molecule has 1 unspecified atom stereocenters. The van der Waals surface area contributed by atoms with Crippen LogP contribution in [0.2, 0.25) is 5.02 Å². The van der Waals surface area contributed by atoms with Gasteiger partial charge in [-0.15, -0.1) is 0 Å². The lowest BCUT2D eigenvalue weighted by molar-refractivity contribution is -0.134. The molecule has 1 aromatic carbocycles. The van der Waals surface area contributed by atoms with Crippen molar-refractivity contribution in [1.82, 2.24) is 19.8 Å². The van der Waals surface area contributed by atoms with Gasteiger partial charge in [0.05, 0.1) is 34.8 Å². The fraction of sp³-hybridized carbons (Fsp3) is 0.550. The molecule has 8 nitrogen and oxygen atoms in total. The number of thioether (sulfide) groups is 1. The van der Waals surface area contributed by atoms with E-state index >= 15 is 0 Å².